The van der Waals surface area contributed by atoms with Crippen LogP contribution in [0.3, 0.4) is 0 Å². The van der Waals surface area contributed by atoms with Crippen LogP contribution in [0.5, 0.6) is 0 Å². The number of sulfone groups is 2. The topological polar surface area (TPSA) is 124 Å². The van der Waals surface area contributed by atoms with Crippen LogP contribution in [-0.4, -0.2) is 37.8 Å². The van der Waals surface area contributed by atoms with E-state index in [9.17, 15) is 25.3 Å². The van der Waals surface area contributed by atoms with Crippen molar-refractivity contribution in [2.45, 2.75) is 21.3 Å². The molecule has 0 saturated heterocycles. The van der Waals surface area contributed by atoms with Crippen LogP contribution in [0.4, 0.5) is 0 Å². The molecule has 0 aliphatic rings. The number of hydrogen-bond donors (Lipinski definition) is 1. The molecule has 0 amide bonds. The molecule has 2 rings (SSSR count). The van der Waals surface area contributed by atoms with Gasteiger partial charge in [0, 0.05) is 12.5 Å². The second-order valence-electron chi connectivity index (χ2n) is 5.51. The first-order chi connectivity index (χ1) is 11.9. The normalized spacial score (nSPS) is 12.8. The molecule has 0 saturated carbocycles. The Morgan fingerprint density at radius 2 is 1.31 bits per heavy atom. The van der Waals surface area contributed by atoms with Gasteiger partial charge in [-0.05, 0) is 29.8 Å². The van der Waals surface area contributed by atoms with Gasteiger partial charge >= 0.3 is 0 Å². The lowest BCUT2D eigenvalue weighted by Crippen LogP contribution is -2.25. The largest absolute Gasteiger partial charge is 0.282 e. The predicted octanol–water partition coefficient (Wildman–Crippen LogP) is 0.904. The molecule has 0 spiro atoms. The highest BCUT2D eigenvalue weighted by Crippen LogP contribution is 2.20. The lowest BCUT2D eigenvalue weighted by Gasteiger charge is -2.10. The summed E-state index contributed by atoms with van der Waals surface area (Å²) in [7, 11) is -11.3. The van der Waals surface area contributed by atoms with E-state index in [1.807, 2.05) is 4.89 Å². The van der Waals surface area contributed by atoms with Crippen molar-refractivity contribution in [2.24, 2.45) is 0 Å². The highest BCUT2D eigenvalue weighted by atomic mass is 32.2. The van der Waals surface area contributed by atoms with E-state index < -0.39 is 34.6 Å². The van der Waals surface area contributed by atoms with Crippen molar-refractivity contribution in [2.75, 3.05) is 12.5 Å². The fraction of sp³-hybridized carbons (Fsp3) is 0.200. The van der Waals surface area contributed by atoms with Gasteiger partial charge in [0.1, 0.15) is 4.90 Å². The lowest BCUT2D eigenvalue weighted by molar-refractivity contribution is 0.0794. The quantitative estimate of drug-likeness (QED) is 0.661. The van der Waals surface area contributed by atoms with Crippen LogP contribution in [0, 0.1) is 0 Å². The maximum absolute atomic E-state index is 12.3. The van der Waals surface area contributed by atoms with E-state index in [2.05, 4.69) is 0 Å². The Balaban J connectivity index is 2.13. The van der Waals surface area contributed by atoms with E-state index in [0.29, 0.717) is 5.56 Å². The van der Waals surface area contributed by atoms with E-state index in [0.717, 1.165) is 18.6 Å². The van der Waals surface area contributed by atoms with Crippen LogP contribution >= 0.6 is 0 Å². The molecule has 11 heteroatoms. The number of benzene rings is 2. The van der Waals surface area contributed by atoms with Gasteiger partial charge in [-0.15, -0.1) is 0 Å². The molecule has 0 heterocycles. The van der Waals surface area contributed by atoms with Crippen molar-refractivity contribution in [3.05, 3.63) is 54.1 Å². The van der Waals surface area contributed by atoms with Crippen molar-refractivity contribution < 1.29 is 30.1 Å². The summed E-state index contributed by atoms with van der Waals surface area (Å²) < 4.78 is 70.8. The van der Waals surface area contributed by atoms with Gasteiger partial charge in [-0.1, -0.05) is 29.2 Å². The molecule has 26 heavy (non-hydrogen) atoms. The summed E-state index contributed by atoms with van der Waals surface area (Å²) in [5.41, 5.74) is 0.525. The van der Waals surface area contributed by atoms with Gasteiger partial charge in [0.2, 0.25) is 0 Å². The first kappa shape index (κ1) is 20.5. The molecule has 2 aromatic carbocycles. The third kappa shape index (κ3) is 5.11. The highest BCUT2D eigenvalue weighted by molar-refractivity contribution is 7.93. The third-order valence-electron chi connectivity index (χ3n) is 3.30. The van der Waals surface area contributed by atoms with Gasteiger partial charge in [-0.2, -0.15) is 0 Å². The summed E-state index contributed by atoms with van der Waals surface area (Å²) in [5.74, 6) is 0. The van der Waals surface area contributed by atoms with Crippen LogP contribution in [0.25, 0.3) is 0 Å². The highest BCUT2D eigenvalue weighted by Gasteiger charge is 2.23. The van der Waals surface area contributed by atoms with E-state index >= 15 is 0 Å². The van der Waals surface area contributed by atoms with Gasteiger partial charge in [-0.3, -0.25) is 4.84 Å². The number of nitrogens with one attached hydrogen (secondary N) is 1. The Labute approximate surface area is 152 Å². The Hall–Kier alpha value is -1.79. The average molecular weight is 420 g/mol. The molecule has 0 radical (unpaired) electrons. The first-order valence-electron chi connectivity index (χ1n) is 7.13. The van der Waals surface area contributed by atoms with Crippen molar-refractivity contribution in [3.63, 3.8) is 0 Å². The minimum atomic E-state index is -4.22. The van der Waals surface area contributed by atoms with Gasteiger partial charge in [-0.25, -0.2) is 25.3 Å². The zero-order valence-corrected chi connectivity index (χ0v) is 16.4. The summed E-state index contributed by atoms with van der Waals surface area (Å²) in [4.78, 5) is 6.19. The van der Waals surface area contributed by atoms with Crippen molar-refractivity contribution in [1.82, 2.24) is 4.89 Å². The molecule has 0 atom stereocenters. The van der Waals surface area contributed by atoms with Gasteiger partial charge in [0.15, 0.2) is 19.7 Å². The second kappa shape index (κ2) is 7.45. The van der Waals surface area contributed by atoms with Gasteiger partial charge < -0.3 is 0 Å². The Morgan fingerprint density at radius 3 is 1.81 bits per heavy atom. The average Bonchev–Trinajstić information content (AvgIpc) is 2.53. The minimum Gasteiger partial charge on any atom is -0.282 e. The summed E-state index contributed by atoms with van der Waals surface area (Å²) in [5, 5.41) is 0. The molecule has 2 aromatic rings. The Bertz CT molecular complexity index is 1100. The molecule has 142 valence electrons. The zero-order valence-electron chi connectivity index (χ0n) is 13.9. The fourth-order valence-corrected chi connectivity index (χ4v) is 5.11. The number of rotatable bonds is 7. The summed E-state index contributed by atoms with van der Waals surface area (Å²) >= 11 is 0. The maximum Gasteiger partial charge on any atom is 0.263 e. The van der Waals surface area contributed by atoms with Crippen molar-refractivity contribution in [3.8, 4) is 0 Å². The van der Waals surface area contributed by atoms with Gasteiger partial charge in [0.25, 0.3) is 10.0 Å². The SMILES string of the molecule is CS(=O)(=O)c1ccc(CONS(=O)(=O)c2ccccc2S(C)(=O)=O)cc1. The molecule has 0 fully saturated rings. The fourth-order valence-electron chi connectivity index (χ4n) is 2.05. The van der Waals surface area contributed by atoms with E-state index in [4.69, 9.17) is 4.84 Å². The standard InChI is InChI=1S/C15H17NO7S3/c1-24(17,18)13-9-7-12(8-10-13)11-23-16-26(21,22)15-6-4-3-5-14(15)25(2,19)20/h3-10,16H,11H2,1-2H3. The van der Waals surface area contributed by atoms with Crippen molar-refractivity contribution in [1.29, 1.82) is 0 Å². The van der Waals surface area contributed by atoms with Crippen LogP contribution in [-0.2, 0) is 41.1 Å². The van der Waals surface area contributed by atoms with E-state index in [1.165, 1.54) is 42.5 Å². The number of hydrogen-bond acceptors (Lipinski definition) is 7. The minimum absolute atomic E-state index is 0.129. The molecule has 8 nitrogen and oxygen atoms in total. The van der Waals surface area contributed by atoms with E-state index in [1.54, 1.807) is 0 Å². The second-order valence-corrected chi connectivity index (χ2v) is 11.1. The lowest BCUT2D eigenvalue weighted by atomic mass is 10.2. The summed E-state index contributed by atoms with van der Waals surface area (Å²) in [6, 6.07) is 10.9. The van der Waals surface area contributed by atoms with Gasteiger partial charge in [0.05, 0.1) is 16.4 Å². The zero-order chi connectivity index (χ0) is 19.6. The molecule has 0 bridgehead atoms. The van der Waals surface area contributed by atoms with Crippen LogP contribution in [0.1, 0.15) is 5.56 Å². The van der Waals surface area contributed by atoms with E-state index in [-0.39, 0.29) is 16.4 Å². The maximum atomic E-state index is 12.3. The first-order valence-corrected chi connectivity index (χ1v) is 12.4. The molecular weight excluding hydrogens is 402 g/mol. The smallest absolute Gasteiger partial charge is 0.263 e. The molecular formula is C15H17NO7S3. The summed E-state index contributed by atoms with van der Waals surface area (Å²) in [6.45, 7) is -0.176. The predicted molar refractivity (Wildman–Crippen MR) is 94.2 cm³/mol. The number of sulfonamides is 1. The molecule has 0 aromatic heterocycles. The Kier molecular flexibility index (Phi) is 5.88. The van der Waals surface area contributed by atoms with Crippen LogP contribution in [0.15, 0.2) is 63.2 Å². The van der Waals surface area contributed by atoms with Crippen molar-refractivity contribution >= 4 is 29.7 Å². The molecule has 0 aliphatic heterocycles. The monoisotopic (exact) mass is 419 g/mol. The molecule has 1 N–H and O–H groups in total. The Morgan fingerprint density at radius 1 is 0.769 bits per heavy atom. The molecule has 0 aliphatic carbocycles. The molecule has 0 unspecified atom stereocenters. The van der Waals surface area contributed by atoms with Crippen LogP contribution < -0.4 is 4.89 Å². The van der Waals surface area contributed by atoms with Crippen LogP contribution in [0.2, 0.25) is 0 Å². The summed E-state index contributed by atoms with van der Waals surface area (Å²) in [6.07, 6.45) is 1.98. The third-order valence-corrected chi connectivity index (χ3v) is 6.98.